The molecule has 4 nitrogen and oxygen atoms in total. The van der Waals surface area contributed by atoms with E-state index in [4.69, 9.17) is 4.74 Å². The molecule has 5 heteroatoms. The van der Waals surface area contributed by atoms with Crippen molar-refractivity contribution in [3.05, 3.63) is 52.0 Å². The number of nitrogens with one attached hydrogen (secondary N) is 1. The molecule has 2 aromatic rings. The highest BCUT2D eigenvalue weighted by molar-refractivity contribution is 7.09. The minimum Gasteiger partial charge on any atom is -0.389 e. The molecule has 0 bridgehead atoms. The molecule has 0 fully saturated rings. The van der Waals surface area contributed by atoms with Gasteiger partial charge in [-0.25, -0.2) is 4.98 Å². The molecule has 1 aromatic carbocycles. The molecule has 114 valence electrons. The van der Waals surface area contributed by atoms with Crippen molar-refractivity contribution < 1.29 is 9.84 Å². The average molecular weight is 306 g/mol. The molecule has 1 heterocycles. The Balaban J connectivity index is 1.64. The minimum absolute atomic E-state index is 0.0120. The Morgan fingerprint density at radius 1 is 1.33 bits per heavy atom. The molecule has 0 amide bonds. The predicted octanol–water partition coefficient (Wildman–Crippen LogP) is 2.68. The highest BCUT2D eigenvalue weighted by Gasteiger charge is 2.09. The van der Waals surface area contributed by atoms with Crippen LogP contribution in [0.2, 0.25) is 0 Å². The lowest BCUT2D eigenvalue weighted by Crippen LogP contribution is -2.30. The number of benzene rings is 1. The van der Waals surface area contributed by atoms with Crippen molar-refractivity contribution in [1.82, 2.24) is 10.3 Å². The number of rotatable bonds is 8. The molecule has 2 rings (SSSR count). The van der Waals surface area contributed by atoms with E-state index in [2.05, 4.69) is 10.3 Å². The van der Waals surface area contributed by atoms with Crippen molar-refractivity contribution in [2.45, 2.75) is 32.6 Å². The van der Waals surface area contributed by atoms with E-state index in [-0.39, 0.29) is 6.10 Å². The summed E-state index contributed by atoms with van der Waals surface area (Å²) in [5.74, 6) is 0. The first kappa shape index (κ1) is 16.1. The summed E-state index contributed by atoms with van der Waals surface area (Å²) in [4.78, 5) is 4.36. The maximum atomic E-state index is 9.92. The molecule has 2 N–H and O–H groups in total. The van der Waals surface area contributed by atoms with Crippen LogP contribution in [0, 0.1) is 6.92 Å². The smallest absolute Gasteiger partial charge is 0.0898 e. The van der Waals surface area contributed by atoms with Crippen LogP contribution >= 0.6 is 11.3 Å². The summed E-state index contributed by atoms with van der Waals surface area (Å²) in [6.07, 6.45) is -0.530. The average Bonchev–Trinajstić information content (AvgIpc) is 2.91. The zero-order valence-corrected chi connectivity index (χ0v) is 13.3. The van der Waals surface area contributed by atoms with E-state index >= 15 is 0 Å². The van der Waals surface area contributed by atoms with Crippen molar-refractivity contribution in [3.8, 4) is 0 Å². The van der Waals surface area contributed by atoms with Crippen LogP contribution in [0.3, 0.4) is 0 Å². The van der Waals surface area contributed by atoms with Gasteiger partial charge in [0.1, 0.15) is 0 Å². The Kier molecular flexibility index (Phi) is 6.32. The van der Waals surface area contributed by atoms with Gasteiger partial charge in [-0.3, -0.25) is 0 Å². The number of aromatic nitrogens is 1. The lowest BCUT2D eigenvalue weighted by molar-refractivity contribution is -0.00214. The molecule has 0 spiro atoms. The fraction of sp³-hybridized carbons (Fsp3) is 0.438. The second-order valence-corrected chi connectivity index (χ2v) is 6.09. The van der Waals surface area contributed by atoms with Gasteiger partial charge < -0.3 is 15.2 Å². The van der Waals surface area contributed by atoms with E-state index < -0.39 is 6.10 Å². The Hall–Kier alpha value is -1.27. The minimum atomic E-state index is -0.518. The molecule has 21 heavy (non-hydrogen) atoms. The number of aliphatic hydroxyl groups is 1. The van der Waals surface area contributed by atoms with Crippen LogP contribution in [0.1, 0.15) is 29.3 Å². The zero-order valence-electron chi connectivity index (χ0n) is 12.5. The van der Waals surface area contributed by atoms with Gasteiger partial charge in [0.25, 0.3) is 0 Å². The molecule has 0 aliphatic carbocycles. The summed E-state index contributed by atoms with van der Waals surface area (Å²) < 4.78 is 5.69. The van der Waals surface area contributed by atoms with Crippen LogP contribution in [0.4, 0.5) is 0 Å². The summed E-state index contributed by atoms with van der Waals surface area (Å²) in [7, 11) is 0. The highest BCUT2D eigenvalue weighted by Crippen LogP contribution is 2.15. The van der Waals surface area contributed by atoms with Crippen LogP contribution in [-0.2, 0) is 11.3 Å². The first-order chi connectivity index (χ1) is 10.1. The number of ether oxygens (including phenoxy) is 1. The fourth-order valence-electron chi connectivity index (χ4n) is 1.99. The zero-order chi connectivity index (χ0) is 15.1. The lowest BCUT2D eigenvalue weighted by Gasteiger charge is -2.17. The molecule has 0 aliphatic heterocycles. The third-order valence-corrected chi connectivity index (χ3v) is 3.98. The van der Waals surface area contributed by atoms with Gasteiger partial charge in [-0.05, 0) is 19.4 Å². The van der Waals surface area contributed by atoms with Crippen LogP contribution in [0.25, 0.3) is 0 Å². The van der Waals surface area contributed by atoms with E-state index in [9.17, 15) is 5.11 Å². The summed E-state index contributed by atoms with van der Waals surface area (Å²) in [5, 5.41) is 16.2. The summed E-state index contributed by atoms with van der Waals surface area (Å²) in [6, 6.07) is 10.0. The maximum Gasteiger partial charge on any atom is 0.0898 e. The fourth-order valence-corrected chi connectivity index (χ4v) is 2.60. The van der Waals surface area contributed by atoms with Crippen molar-refractivity contribution in [2.24, 2.45) is 0 Å². The molecular weight excluding hydrogens is 284 g/mol. The molecule has 0 radical (unpaired) electrons. The molecule has 0 saturated heterocycles. The number of aliphatic hydroxyl groups excluding tert-OH is 1. The lowest BCUT2D eigenvalue weighted by atomic mass is 10.1. The standard InChI is InChI=1S/C16H22N2O2S/c1-12(14-6-4-3-5-7-14)20-10-16(19)9-17-8-15-11-21-13(2)18-15/h3-7,11-12,16-17,19H,8-10H2,1-2H3. The van der Waals surface area contributed by atoms with Gasteiger partial charge in [-0.15, -0.1) is 11.3 Å². The number of hydrogen-bond acceptors (Lipinski definition) is 5. The van der Waals surface area contributed by atoms with Crippen LogP contribution in [0.15, 0.2) is 35.7 Å². The number of hydrogen-bond donors (Lipinski definition) is 2. The van der Waals surface area contributed by atoms with Crippen LogP contribution in [-0.4, -0.2) is 29.3 Å². The molecular formula is C16H22N2O2S. The Labute approximate surface area is 129 Å². The summed E-state index contributed by atoms with van der Waals surface area (Å²) in [6.45, 7) is 5.47. The topological polar surface area (TPSA) is 54.4 Å². The van der Waals surface area contributed by atoms with Gasteiger partial charge >= 0.3 is 0 Å². The molecule has 2 atom stereocenters. The van der Waals surface area contributed by atoms with Crippen molar-refractivity contribution in [3.63, 3.8) is 0 Å². The van der Waals surface area contributed by atoms with E-state index in [0.29, 0.717) is 19.7 Å². The third kappa shape index (κ3) is 5.55. The molecule has 0 saturated carbocycles. The largest absolute Gasteiger partial charge is 0.389 e. The molecule has 1 aromatic heterocycles. The van der Waals surface area contributed by atoms with Gasteiger partial charge in [-0.1, -0.05) is 30.3 Å². The second kappa shape index (κ2) is 8.24. The first-order valence-electron chi connectivity index (χ1n) is 7.11. The Bertz CT molecular complexity index is 530. The number of aryl methyl sites for hydroxylation is 1. The van der Waals surface area contributed by atoms with Crippen molar-refractivity contribution in [2.75, 3.05) is 13.2 Å². The monoisotopic (exact) mass is 306 g/mol. The maximum absolute atomic E-state index is 9.92. The van der Waals surface area contributed by atoms with E-state index in [1.807, 2.05) is 49.6 Å². The quantitative estimate of drug-likeness (QED) is 0.787. The summed E-state index contributed by atoms with van der Waals surface area (Å²) >= 11 is 1.64. The van der Waals surface area contributed by atoms with Crippen LogP contribution in [0.5, 0.6) is 0 Å². The van der Waals surface area contributed by atoms with E-state index in [1.54, 1.807) is 11.3 Å². The SMILES string of the molecule is Cc1nc(CNCC(O)COC(C)c2ccccc2)cs1. The second-order valence-electron chi connectivity index (χ2n) is 5.03. The van der Waals surface area contributed by atoms with Crippen molar-refractivity contribution >= 4 is 11.3 Å². The van der Waals surface area contributed by atoms with Gasteiger partial charge in [-0.2, -0.15) is 0 Å². The highest BCUT2D eigenvalue weighted by atomic mass is 32.1. The van der Waals surface area contributed by atoms with E-state index in [1.165, 1.54) is 0 Å². The van der Waals surface area contributed by atoms with Gasteiger partial charge in [0, 0.05) is 18.5 Å². The predicted molar refractivity (Wildman–Crippen MR) is 85.4 cm³/mol. The number of thiazole rings is 1. The van der Waals surface area contributed by atoms with Gasteiger partial charge in [0.2, 0.25) is 0 Å². The van der Waals surface area contributed by atoms with E-state index in [0.717, 1.165) is 16.3 Å². The van der Waals surface area contributed by atoms with Gasteiger partial charge in [0.05, 0.1) is 29.5 Å². The molecule has 2 unspecified atom stereocenters. The Morgan fingerprint density at radius 3 is 2.76 bits per heavy atom. The first-order valence-corrected chi connectivity index (χ1v) is 7.99. The third-order valence-electron chi connectivity index (χ3n) is 3.16. The normalized spacial score (nSPS) is 14.0. The number of nitrogens with zero attached hydrogens (tertiary/aromatic N) is 1. The van der Waals surface area contributed by atoms with Gasteiger partial charge in [0.15, 0.2) is 0 Å². The molecule has 0 aliphatic rings. The Morgan fingerprint density at radius 2 is 2.10 bits per heavy atom. The van der Waals surface area contributed by atoms with Crippen LogP contribution < -0.4 is 5.32 Å². The summed E-state index contributed by atoms with van der Waals surface area (Å²) in [5.41, 5.74) is 2.14. The van der Waals surface area contributed by atoms with Crippen molar-refractivity contribution in [1.29, 1.82) is 0 Å².